The Kier molecular flexibility index (Phi) is 5.38. The number of carbonyl (C=O) groups is 1. The van der Waals surface area contributed by atoms with Crippen LogP contribution in [-0.2, 0) is 0 Å². The van der Waals surface area contributed by atoms with Crippen LogP contribution in [0.15, 0.2) is 24.3 Å². The van der Waals surface area contributed by atoms with Crippen LogP contribution in [0, 0.1) is 0 Å². The van der Waals surface area contributed by atoms with Gasteiger partial charge in [0.2, 0.25) is 0 Å². The van der Waals surface area contributed by atoms with Crippen molar-refractivity contribution in [2.45, 2.75) is 19.4 Å². The second kappa shape index (κ2) is 6.80. The van der Waals surface area contributed by atoms with Crippen molar-refractivity contribution < 1.29 is 9.53 Å². The maximum atomic E-state index is 11.6. The Morgan fingerprint density at radius 3 is 2.56 bits per heavy atom. The molecule has 6 heteroatoms. The Morgan fingerprint density at radius 1 is 1.44 bits per heavy atom. The quantitative estimate of drug-likeness (QED) is 0.712. The van der Waals surface area contributed by atoms with Crippen molar-refractivity contribution >= 4 is 28.9 Å². The van der Waals surface area contributed by atoms with Crippen LogP contribution < -0.4 is 21.1 Å². The van der Waals surface area contributed by atoms with Gasteiger partial charge in [0.15, 0.2) is 0 Å². The van der Waals surface area contributed by atoms with Crippen LogP contribution in [0.2, 0.25) is 0 Å². The number of nitrogens with two attached hydrogens (primary N) is 1. The first-order valence-corrected chi connectivity index (χ1v) is 5.92. The molecule has 0 aliphatic carbocycles. The van der Waals surface area contributed by atoms with E-state index in [-0.39, 0.29) is 12.1 Å². The third-order valence-electron chi connectivity index (χ3n) is 2.23. The zero-order valence-electron chi connectivity index (χ0n) is 10.4. The molecule has 98 valence electrons. The normalized spacial score (nSPS) is 11.4. The zero-order chi connectivity index (χ0) is 13.5. The van der Waals surface area contributed by atoms with Crippen LogP contribution in [0.3, 0.4) is 0 Å². The van der Waals surface area contributed by atoms with E-state index in [9.17, 15) is 4.79 Å². The molecule has 1 unspecified atom stereocenters. The number of thiocarbonyl (C=S) groups is 1. The molecule has 0 fully saturated rings. The molecule has 1 aromatic carbocycles. The highest BCUT2D eigenvalue weighted by Gasteiger charge is 2.08. The third-order valence-corrected chi connectivity index (χ3v) is 2.40. The van der Waals surface area contributed by atoms with E-state index in [4.69, 9.17) is 22.7 Å². The van der Waals surface area contributed by atoms with Crippen LogP contribution in [0.25, 0.3) is 0 Å². The molecule has 0 radical (unpaired) electrons. The SMILES string of the molecule is COc1ccc(NC(=O)NC(C)CC(N)=S)cc1. The van der Waals surface area contributed by atoms with Crippen molar-refractivity contribution in [3.63, 3.8) is 0 Å². The molecule has 1 atom stereocenters. The zero-order valence-corrected chi connectivity index (χ0v) is 11.2. The fourth-order valence-corrected chi connectivity index (χ4v) is 1.67. The van der Waals surface area contributed by atoms with Crippen molar-refractivity contribution in [2.75, 3.05) is 12.4 Å². The number of hydrogen-bond acceptors (Lipinski definition) is 3. The van der Waals surface area contributed by atoms with Gasteiger partial charge in [-0.3, -0.25) is 0 Å². The summed E-state index contributed by atoms with van der Waals surface area (Å²) in [7, 11) is 1.59. The standard InChI is InChI=1S/C12H17N3O2S/c1-8(7-11(13)18)14-12(16)15-9-3-5-10(17-2)6-4-9/h3-6,8H,7H2,1-2H3,(H2,13,18)(H2,14,15,16). The molecule has 4 N–H and O–H groups in total. The predicted octanol–water partition coefficient (Wildman–Crippen LogP) is 1.88. The lowest BCUT2D eigenvalue weighted by molar-refractivity contribution is 0.249. The van der Waals surface area contributed by atoms with E-state index in [0.29, 0.717) is 17.1 Å². The van der Waals surface area contributed by atoms with Crippen LogP contribution in [0.4, 0.5) is 10.5 Å². The highest BCUT2D eigenvalue weighted by molar-refractivity contribution is 7.80. The number of anilines is 1. The smallest absolute Gasteiger partial charge is 0.319 e. The first kappa shape index (κ1) is 14.2. The van der Waals surface area contributed by atoms with Gasteiger partial charge in [0.25, 0.3) is 0 Å². The van der Waals surface area contributed by atoms with Gasteiger partial charge < -0.3 is 21.1 Å². The lowest BCUT2D eigenvalue weighted by Crippen LogP contribution is -2.38. The summed E-state index contributed by atoms with van der Waals surface area (Å²) < 4.78 is 5.03. The summed E-state index contributed by atoms with van der Waals surface area (Å²) in [5.41, 5.74) is 6.09. The monoisotopic (exact) mass is 267 g/mol. The number of amides is 2. The fourth-order valence-electron chi connectivity index (χ4n) is 1.42. The average molecular weight is 267 g/mol. The van der Waals surface area contributed by atoms with Gasteiger partial charge in [-0.05, 0) is 31.2 Å². The Hall–Kier alpha value is -1.82. The number of benzene rings is 1. The van der Waals surface area contributed by atoms with E-state index in [1.165, 1.54) is 0 Å². The molecule has 2 amide bonds. The molecule has 5 nitrogen and oxygen atoms in total. The summed E-state index contributed by atoms with van der Waals surface area (Å²) in [6.07, 6.45) is 0.478. The lowest BCUT2D eigenvalue weighted by Gasteiger charge is -2.14. The summed E-state index contributed by atoms with van der Waals surface area (Å²) in [6, 6.07) is 6.68. The predicted molar refractivity (Wildman–Crippen MR) is 76.0 cm³/mol. The molecule has 0 bridgehead atoms. The number of rotatable bonds is 5. The van der Waals surface area contributed by atoms with Gasteiger partial charge in [-0.1, -0.05) is 12.2 Å². The molecule has 0 saturated heterocycles. The molecule has 0 saturated carbocycles. The number of carbonyl (C=O) groups excluding carboxylic acids is 1. The van der Waals surface area contributed by atoms with Crippen LogP contribution in [0.5, 0.6) is 5.75 Å². The van der Waals surface area contributed by atoms with E-state index in [1.807, 2.05) is 6.92 Å². The van der Waals surface area contributed by atoms with E-state index in [0.717, 1.165) is 5.75 Å². The summed E-state index contributed by atoms with van der Waals surface area (Å²) in [5.74, 6) is 0.739. The van der Waals surface area contributed by atoms with Gasteiger partial charge in [0, 0.05) is 18.2 Å². The van der Waals surface area contributed by atoms with Crippen LogP contribution in [0.1, 0.15) is 13.3 Å². The maximum Gasteiger partial charge on any atom is 0.319 e. The number of nitrogens with one attached hydrogen (secondary N) is 2. The summed E-state index contributed by atoms with van der Waals surface area (Å²) in [4.78, 5) is 12.0. The molecule has 18 heavy (non-hydrogen) atoms. The first-order chi connectivity index (χ1) is 8.51. The second-order valence-electron chi connectivity index (χ2n) is 3.90. The van der Waals surface area contributed by atoms with E-state index in [1.54, 1.807) is 31.4 Å². The minimum Gasteiger partial charge on any atom is -0.497 e. The van der Waals surface area contributed by atoms with E-state index in [2.05, 4.69) is 10.6 Å². The molecule has 0 aliphatic heterocycles. The molecule has 0 aliphatic rings. The minimum absolute atomic E-state index is 0.0965. The van der Waals surface area contributed by atoms with Gasteiger partial charge in [-0.2, -0.15) is 0 Å². The second-order valence-corrected chi connectivity index (χ2v) is 4.42. The van der Waals surface area contributed by atoms with Crippen molar-refractivity contribution in [2.24, 2.45) is 5.73 Å². The summed E-state index contributed by atoms with van der Waals surface area (Å²) in [5, 5.41) is 5.45. The highest BCUT2D eigenvalue weighted by Crippen LogP contribution is 2.14. The van der Waals surface area contributed by atoms with Gasteiger partial charge in [0.1, 0.15) is 5.75 Å². The summed E-state index contributed by atoms with van der Waals surface area (Å²) >= 11 is 4.77. The summed E-state index contributed by atoms with van der Waals surface area (Å²) in [6.45, 7) is 1.84. The Labute approximate surface area is 112 Å². The molecule has 0 spiro atoms. The number of ether oxygens (including phenoxy) is 1. The molecular weight excluding hydrogens is 250 g/mol. The minimum atomic E-state index is -0.288. The first-order valence-electron chi connectivity index (χ1n) is 5.51. The van der Waals surface area contributed by atoms with Crippen molar-refractivity contribution in [3.05, 3.63) is 24.3 Å². The Bertz CT molecular complexity index is 420. The van der Waals surface area contributed by atoms with E-state index < -0.39 is 0 Å². The highest BCUT2D eigenvalue weighted by atomic mass is 32.1. The molecular formula is C12H17N3O2S. The molecule has 1 aromatic rings. The van der Waals surface area contributed by atoms with Crippen molar-refractivity contribution in [1.29, 1.82) is 0 Å². The van der Waals surface area contributed by atoms with Crippen molar-refractivity contribution in [1.82, 2.24) is 5.32 Å². The van der Waals surface area contributed by atoms with Crippen LogP contribution in [-0.4, -0.2) is 24.2 Å². The lowest BCUT2D eigenvalue weighted by atomic mass is 10.2. The third kappa shape index (κ3) is 5.01. The molecule has 0 heterocycles. The largest absolute Gasteiger partial charge is 0.497 e. The van der Waals surface area contributed by atoms with Gasteiger partial charge in [-0.25, -0.2) is 4.79 Å². The van der Waals surface area contributed by atoms with E-state index >= 15 is 0 Å². The fraction of sp³-hybridized carbons (Fsp3) is 0.333. The number of methoxy groups -OCH3 is 1. The Morgan fingerprint density at radius 2 is 2.06 bits per heavy atom. The van der Waals surface area contributed by atoms with Gasteiger partial charge in [-0.15, -0.1) is 0 Å². The molecule has 0 aromatic heterocycles. The topological polar surface area (TPSA) is 76.4 Å². The van der Waals surface area contributed by atoms with Crippen molar-refractivity contribution in [3.8, 4) is 5.75 Å². The maximum absolute atomic E-state index is 11.6. The Balaban J connectivity index is 2.46. The van der Waals surface area contributed by atoms with Gasteiger partial charge >= 0.3 is 6.03 Å². The average Bonchev–Trinajstić information content (AvgIpc) is 2.28. The van der Waals surface area contributed by atoms with Gasteiger partial charge in [0.05, 0.1) is 12.1 Å². The molecule has 1 rings (SSSR count). The van der Waals surface area contributed by atoms with Crippen LogP contribution >= 0.6 is 12.2 Å². The number of urea groups is 1. The number of hydrogen-bond donors (Lipinski definition) is 3.